The van der Waals surface area contributed by atoms with Crippen LogP contribution in [0.5, 0.6) is 17.2 Å². The maximum Gasteiger partial charge on any atom is 0.256 e. The largest absolute Gasteiger partial charge is 0.494 e. The second-order valence-corrected chi connectivity index (χ2v) is 6.38. The smallest absolute Gasteiger partial charge is 0.256 e. The predicted molar refractivity (Wildman–Crippen MR) is 97.7 cm³/mol. The molecule has 138 valence electrons. The Morgan fingerprint density at radius 1 is 1.19 bits per heavy atom. The van der Waals surface area contributed by atoms with Crippen molar-refractivity contribution in [3.8, 4) is 17.2 Å². The number of methoxy groups -OCH3 is 1. The van der Waals surface area contributed by atoms with Crippen molar-refractivity contribution in [1.82, 2.24) is 5.32 Å². The summed E-state index contributed by atoms with van der Waals surface area (Å²) in [5.74, 6) is 0.891. The van der Waals surface area contributed by atoms with Gasteiger partial charge in [-0.05, 0) is 29.8 Å². The molecular weight excluding hydrogens is 381 g/mol. The van der Waals surface area contributed by atoms with Gasteiger partial charge in [0.1, 0.15) is 18.8 Å². The Kier molecular flexibility index (Phi) is 5.76. The lowest BCUT2D eigenvalue weighted by atomic mass is 10.1. The minimum absolute atomic E-state index is 0.0233. The van der Waals surface area contributed by atoms with Gasteiger partial charge in [-0.25, -0.2) is 0 Å². The van der Waals surface area contributed by atoms with Gasteiger partial charge < -0.3 is 24.6 Å². The van der Waals surface area contributed by atoms with Gasteiger partial charge in [-0.15, -0.1) is 0 Å². The van der Waals surface area contributed by atoms with E-state index in [1.54, 1.807) is 24.3 Å². The molecule has 26 heavy (non-hydrogen) atoms. The first-order chi connectivity index (χ1) is 12.5. The zero-order valence-corrected chi connectivity index (χ0v) is 15.4. The van der Waals surface area contributed by atoms with Crippen LogP contribution in [0, 0.1) is 0 Å². The highest BCUT2D eigenvalue weighted by atomic mass is 35.5. The number of nitrogens with one attached hydrogen (secondary N) is 1. The number of fused-ring (bicyclic) bond motifs is 1. The Bertz CT molecular complexity index is 827. The number of amides is 1. The van der Waals surface area contributed by atoms with Crippen LogP contribution in [0.3, 0.4) is 0 Å². The topological polar surface area (TPSA) is 77.0 Å². The molecule has 0 saturated heterocycles. The number of aliphatic hydroxyl groups is 1. The van der Waals surface area contributed by atoms with Gasteiger partial charge in [0.25, 0.3) is 5.91 Å². The maximum atomic E-state index is 12.5. The monoisotopic (exact) mass is 397 g/mol. The van der Waals surface area contributed by atoms with Crippen molar-refractivity contribution < 1.29 is 24.1 Å². The minimum Gasteiger partial charge on any atom is -0.494 e. The van der Waals surface area contributed by atoms with Crippen LogP contribution >= 0.6 is 23.2 Å². The summed E-state index contributed by atoms with van der Waals surface area (Å²) in [6.07, 6.45) is -0.932. The normalized spacial score (nSPS) is 13.8. The van der Waals surface area contributed by atoms with Crippen LogP contribution in [0.25, 0.3) is 0 Å². The molecule has 2 N–H and O–H groups in total. The van der Waals surface area contributed by atoms with Gasteiger partial charge in [0.05, 0.1) is 23.3 Å². The minimum atomic E-state index is -0.932. The standard InChI is InChI=1S/C18H17Cl2NO5/c1-24-17-12(20)4-3-11(19)16(17)18(23)21-9-13(22)10-2-5-14-15(8-10)26-7-6-25-14/h2-5,8,13,22H,6-7,9H2,1H3,(H,21,23). The Balaban J connectivity index is 1.71. The molecule has 0 radical (unpaired) electrons. The molecule has 1 amide bonds. The summed E-state index contributed by atoms with van der Waals surface area (Å²) in [4.78, 5) is 12.5. The molecule has 1 aliphatic rings. The number of halogens is 2. The summed E-state index contributed by atoms with van der Waals surface area (Å²) in [7, 11) is 1.40. The molecule has 2 aromatic carbocycles. The highest BCUT2D eigenvalue weighted by Gasteiger charge is 2.21. The molecule has 6 nitrogen and oxygen atoms in total. The van der Waals surface area contributed by atoms with Crippen LogP contribution in [0.4, 0.5) is 0 Å². The van der Waals surface area contributed by atoms with Crippen molar-refractivity contribution in [1.29, 1.82) is 0 Å². The third kappa shape index (κ3) is 3.82. The molecule has 1 aliphatic heterocycles. The van der Waals surface area contributed by atoms with Gasteiger partial charge >= 0.3 is 0 Å². The molecule has 0 spiro atoms. The van der Waals surface area contributed by atoms with Crippen LogP contribution in [0.15, 0.2) is 30.3 Å². The number of carbonyl (C=O) groups is 1. The van der Waals surface area contributed by atoms with Crippen molar-refractivity contribution in [3.05, 3.63) is 51.5 Å². The number of ether oxygens (including phenoxy) is 3. The molecule has 0 saturated carbocycles. The number of aliphatic hydroxyl groups excluding tert-OH is 1. The summed E-state index contributed by atoms with van der Waals surface area (Å²) >= 11 is 12.1. The van der Waals surface area contributed by atoms with Crippen molar-refractivity contribution in [2.45, 2.75) is 6.10 Å². The molecule has 0 bridgehead atoms. The second-order valence-electron chi connectivity index (χ2n) is 5.57. The lowest BCUT2D eigenvalue weighted by molar-refractivity contribution is 0.0913. The number of hydrogen-bond acceptors (Lipinski definition) is 5. The fraction of sp³-hybridized carbons (Fsp3) is 0.278. The first-order valence-corrected chi connectivity index (χ1v) is 8.64. The van der Waals surface area contributed by atoms with Crippen molar-refractivity contribution in [3.63, 3.8) is 0 Å². The van der Waals surface area contributed by atoms with Crippen LogP contribution in [0.2, 0.25) is 10.0 Å². The molecule has 1 unspecified atom stereocenters. The van der Waals surface area contributed by atoms with Gasteiger partial charge in [0, 0.05) is 6.54 Å². The van der Waals surface area contributed by atoms with Crippen LogP contribution in [-0.4, -0.2) is 37.9 Å². The average Bonchev–Trinajstić information content (AvgIpc) is 2.66. The molecule has 0 aliphatic carbocycles. The van der Waals surface area contributed by atoms with E-state index in [2.05, 4.69) is 5.32 Å². The fourth-order valence-electron chi connectivity index (χ4n) is 2.61. The van der Waals surface area contributed by atoms with Gasteiger partial charge in [-0.1, -0.05) is 29.3 Å². The van der Waals surface area contributed by atoms with E-state index in [0.29, 0.717) is 30.3 Å². The third-order valence-corrected chi connectivity index (χ3v) is 4.51. The summed E-state index contributed by atoms with van der Waals surface area (Å²) in [6.45, 7) is 0.925. The van der Waals surface area contributed by atoms with E-state index in [0.717, 1.165) is 0 Å². The molecule has 0 fully saturated rings. The fourth-order valence-corrected chi connectivity index (χ4v) is 3.08. The van der Waals surface area contributed by atoms with Crippen LogP contribution < -0.4 is 19.5 Å². The number of rotatable bonds is 5. The Morgan fingerprint density at radius 2 is 1.88 bits per heavy atom. The van der Waals surface area contributed by atoms with Crippen molar-refractivity contribution >= 4 is 29.1 Å². The van der Waals surface area contributed by atoms with Crippen molar-refractivity contribution in [2.75, 3.05) is 26.9 Å². The van der Waals surface area contributed by atoms with E-state index >= 15 is 0 Å². The molecule has 8 heteroatoms. The predicted octanol–water partition coefficient (Wildman–Crippen LogP) is 3.24. The maximum absolute atomic E-state index is 12.5. The second kappa shape index (κ2) is 8.03. The summed E-state index contributed by atoms with van der Waals surface area (Å²) in [6, 6.07) is 8.20. The highest BCUT2D eigenvalue weighted by Crippen LogP contribution is 2.34. The van der Waals surface area contributed by atoms with E-state index in [-0.39, 0.29) is 27.9 Å². The lowest BCUT2D eigenvalue weighted by Gasteiger charge is -2.20. The molecule has 3 rings (SSSR count). The van der Waals surface area contributed by atoms with E-state index in [1.165, 1.54) is 13.2 Å². The zero-order chi connectivity index (χ0) is 18.7. The van der Waals surface area contributed by atoms with E-state index in [1.807, 2.05) is 0 Å². The summed E-state index contributed by atoms with van der Waals surface area (Å²) in [5, 5.41) is 13.5. The average molecular weight is 398 g/mol. The van der Waals surface area contributed by atoms with Gasteiger partial charge in [-0.3, -0.25) is 4.79 Å². The molecule has 0 aromatic heterocycles. The Morgan fingerprint density at radius 3 is 2.62 bits per heavy atom. The first kappa shape index (κ1) is 18.6. The van der Waals surface area contributed by atoms with E-state index < -0.39 is 12.0 Å². The Labute approximate surface area is 160 Å². The molecule has 1 heterocycles. The van der Waals surface area contributed by atoms with Gasteiger partial charge in [0.15, 0.2) is 17.2 Å². The van der Waals surface area contributed by atoms with Crippen molar-refractivity contribution in [2.24, 2.45) is 0 Å². The van der Waals surface area contributed by atoms with Gasteiger partial charge in [-0.2, -0.15) is 0 Å². The van der Waals surface area contributed by atoms with Gasteiger partial charge in [0.2, 0.25) is 0 Å². The highest BCUT2D eigenvalue weighted by molar-refractivity contribution is 6.37. The summed E-state index contributed by atoms with van der Waals surface area (Å²) in [5.41, 5.74) is 0.717. The summed E-state index contributed by atoms with van der Waals surface area (Å²) < 4.78 is 16.1. The quantitative estimate of drug-likeness (QED) is 0.809. The molecule has 1 atom stereocenters. The lowest BCUT2D eigenvalue weighted by Crippen LogP contribution is -2.29. The number of hydrogen-bond donors (Lipinski definition) is 2. The molecule has 2 aromatic rings. The third-order valence-electron chi connectivity index (χ3n) is 3.90. The first-order valence-electron chi connectivity index (χ1n) is 7.89. The SMILES string of the molecule is COc1c(Cl)ccc(Cl)c1C(=O)NCC(O)c1ccc2c(c1)OCCO2. The molecular formula is C18H17Cl2NO5. The Hall–Kier alpha value is -2.15. The van der Waals surface area contributed by atoms with Crippen LogP contribution in [0.1, 0.15) is 22.0 Å². The van der Waals surface area contributed by atoms with E-state index in [4.69, 9.17) is 37.4 Å². The van der Waals surface area contributed by atoms with E-state index in [9.17, 15) is 9.90 Å². The number of carbonyl (C=O) groups excluding carboxylic acids is 1. The van der Waals surface area contributed by atoms with Crippen LogP contribution in [-0.2, 0) is 0 Å². The zero-order valence-electron chi connectivity index (χ0n) is 13.9. The number of benzene rings is 2.